The SMILES string of the molecule is Cc1ccc(C(C)(C=O)NC(=O)OC(C)(C)C)cc1C. The average Bonchev–Trinajstić information content (AvgIpc) is 2.29. The fraction of sp³-hybridized carbons (Fsp3) is 0.500. The number of alkyl carbamates (subject to hydrolysis) is 1. The number of aldehydes is 1. The molecule has 0 aromatic heterocycles. The molecule has 110 valence electrons. The van der Waals surface area contributed by atoms with Crippen molar-refractivity contribution >= 4 is 12.4 Å². The molecule has 0 saturated carbocycles. The summed E-state index contributed by atoms with van der Waals surface area (Å²) in [6, 6.07) is 5.68. The molecule has 0 fully saturated rings. The second-order valence-electron chi connectivity index (χ2n) is 6.25. The Hall–Kier alpha value is -1.84. The number of carbonyl (C=O) groups is 2. The molecular weight excluding hydrogens is 254 g/mol. The molecule has 20 heavy (non-hydrogen) atoms. The highest BCUT2D eigenvalue weighted by Crippen LogP contribution is 2.22. The van der Waals surface area contributed by atoms with Gasteiger partial charge in [-0.05, 0) is 58.2 Å². The summed E-state index contributed by atoms with van der Waals surface area (Å²) in [6.45, 7) is 11.0. The van der Waals surface area contributed by atoms with E-state index in [2.05, 4.69) is 5.32 Å². The lowest BCUT2D eigenvalue weighted by Crippen LogP contribution is -2.47. The first-order chi connectivity index (χ1) is 9.07. The fourth-order valence-corrected chi connectivity index (χ4v) is 1.75. The van der Waals surface area contributed by atoms with Gasteiger partial charge in [0.25, 0.3) is 0 Å². The average molecular weight is 277 g/mol. The van der Waals surface area contributed by atoms with E-state index in [-0.39, 0.29) is 0 Å². The highest BCUT2D eigenvalue weighted by Gasteiger charge is 2.30. The highest BCUT2D eigenvalue weighted by molar-refractivity contribution is 5.78. The predicted octanol–water partition coefficient (Wildman–Crippen LogP) is 3.24. The van der Waals surface area contributed by atoms with Gasteiger partial charge in [-0.2, -0.15) is 0 Å². The maximum Gasteiger partial charge on any atom is 0.408 e. The van der Waals surface area contributed by atoms with Crippen LogP contribution in [0, 0.1) is 13.8 Å². The first kappa shape index (κ1) is 16.2. The largest absolute Gasteiger partial charge is 0.444 e. The van der Waals surface area contributed by atoms with E-state index >= 15 is 0 Å². The van der Waals surface area contributed by atoms with Gasteiger partial charge in [0, 0.05) is 0 Å². The summed E-state index contributed by atoms with van der Waals surface area (Å²) in [4.78, 5) is 23.3. The minimum absolute atomic E-state index is 0.600. The third kappa shape index (κ3) is 4.08. The van der Waals surface area contributed by atoms with Crippen LogP contribution in [-0.4, -0.2) is 18.0 Å². The van der Waals surface area contributed by atoms with Crippen LogP contribution in [0.25, 0.3) is 0 Å². The monoisotopic (exact) mass is 277 g/mol. The molecule has 4 nitrogen and oxygen atoms in total. The van der Waals surface area contributed by atoms with Gasteiger partial charge in [0.1, 0.15) is 17.4 Å². The van der Waals surface area contributed by atoms with E-state index in [0.29, 0.717) is 0 Å². The van der Waals surface area contributed by atoms with Gasteiger partial charge in [-0.25, -0.2) is 4.79 Å². The van der Waals surface area contributed by atoms with Crippen molar-refractivity contribution in [3.8, 4) is 0 Å². The Kier molecular flexibility index (Phi) is 4.58. The van der Waals surface area contributed by atoms with Crippen molar-refractivity contribution in [1.29, 1.82) is 0 Å². The lowest BCUT2D eigenvalue weighted by Gasteiger charge is -2.28. The number of ether oxygens (including phenoxy) is 1. The predicted molar refractivity (Wildman–Crippen MR) is 78.7 cm³/mol. The molecule has 1 amide bonds. The van der Waals surface area contributed by atoms with Crippen LogP contribution in [0.1, 0.15) is 44.4 Å². The Morgan fingerprint density at radius 3 is 2.20 bits per heavy atom. The molecule has 0 aliphatic heterocycles. The maximum atomic E-state index is 11.9. The molecule has 0 heterocycles. The smallest absolute Gasteiger partial charge is 0.408 e. The first-order valence-electron chi connectivity index (χ1n) is 6.62. The van der Waals surface area contributed by atoms with Gasteiger partial charge in [0.05, 0.1) is 0 Å². The molecular formula is C16H23NO3. The lowest BCUT2D eigenvalue weighted by molar-refractivity contribution is -0.113. The van der Waals surface area contributed by atoms with E-state index in [1.807, 2.05) is 32.0 Å². The molecule has 0 aliphatic carbocycles. The lowest BCUT2D eigenvalue weighted by atomic mass is 9.91. The minimum atomic E-state index is -1.10. The Bertz CT molecular complexity index is 517. The summed E-state index contributed by atoms with van der Waals surface area (Å²) in [6.07, 6.45) is 0.117. The molecule has 0 aliphatic rings. The van der Waals surface area contributed by atoms with Crippen molar-refractivity contribution in [3.05, 3.63) is 34.9 Å². The van der Waals surface area contributed by atoms with Gasteiger partial charge in [0.2, 0.25) is 0 Å². The molecule has 1 N–H and O–H groups in total. The Balaban J connectivity index is 2.99. The van der Waals surface area contributed by atoms with Crippen molar-refractivity contribution in [2.45, 2.75) is 52.7 Å². The van der Waals surface area contributed by atoms with Crippen molar-refractivity contribution < 1.29 is 14.3 Å². The summed E-state index contributed by atoms with van der Waals surface area (Å²) < 4.78 is 5.20. The Labute approximate surface area is 120 Å². The van der Waals surface area contributed by atoms with Crippen molar-refractivity contribution in [2.24, 2.45) is 0 Å². The molecule has 1 aromatic carbocycles. The van der Waals surface area contributed by atoms with Gasteiger partial charge in [-0.1, -0.05) is 18.2 Å². The van der Waals surface area contributed by atoms with Crippen LogP contribution in [0.15, 0.2) is 18.2 Å². The van der Waals surface area contributed by atoms with Crippen LogP contribution in [-0.2, 0) is 15.1 Å². The zero-order chi connectivity index (χ0) is 15.6. The molecule has 1 unspecified atom stereocenters. The number of benzene rings is 1. The minimum Gasteiger partial charge on any atom is -0.444 e. The normalized spacial score (nSPS) is 14.3. The van der Waals surface area contributed by atoms with E-state index in [4.69, 9.17) is 4.74 Å². The molecule has 0 saturated heterocycles. The summed E-state index contributed by atoms with van der Waals surface area (Å²) in [5, 5.41) is 2.63. The van der Waals surface area contributed by atoms with E-state index < -0.39 is 17.2 Å². The molecule has 1 aromatic rings. The van der Waals surface area contributed by atoms with Gasteiger partial charge < -0.3 is 14.8 Å². The van der Waals surface area contributed by atoms with Crippen LogP contribution in [0.2, 0.25) is 0 Å². The standard InChI is InChI=1S/C16H23NO3/c1-11-7-8-13(9-12(11)2)16(6,10-18)17-14(19)20-15(3,4)5/h7-10H,1-6H3,(H,17,19). The van der Waals surface area contributed by atoms with Crippen LogP contribution in [0.4, 0.5) is 4.79 Å². The number of amides is 1. The number of nitrogens with one attached hydrogen (secondary N) is 1. The van der Waals surface area contributed by atoms with Gasteiger partial charge in [0.15, 0.2) is 0 Å². The van der Waals surface area contributed by atoms with E-state index in [1.165, 1.54) is 0 Å². The van der Waals surface area contributed by atoms with Crippen molar-refractivity contribution in [1.82, 2.24) is 5.32 Å². The third-order valence-electron chi connectivity index (χ3n) is 3.10. The van der Waals surface area contributed by atoms with Crippen LogP contribution in [0.3, 0.4) is 0 Å². The summed E-state index contributed by atoms with van der Waals surface area (Å²) in [7, 11) is 0. The summed E-state index contributed by atoms with van der Waals surface area (Å²) in [5.74, 6) is 0. The zero-order valence-corrected chi connectivity index (χ0v) is 13.0. The zero-order valence-electron chi connectivity index (χ0n) is 13.0. The molecule has 1 rings (SSSR count). The molecule has 0 bridgehead atoms. The molecule has 4 heteroatoms. The maximum absolute atomic E-state index is 11.9. The van der Waals surface area contributed by atoms with Gasteiger partial charge in [-0.3, -0.25) is 0 Å². The third-order valence-corrected chi connectivity index (χ3v) is 3.10. The highest BCUT2D eigenvalue weighted by atomic mass is 16.6. The Morgan fingerprint density at radius 2 is 1.75 bits per heavy atom. The van der Waals surface area contributed by atoms with Gasteiger partial charge >= 0.3 is 6.09 Å². The van der Waals surface area contributed by atoms with E-state index in [1.54, 1.807) is 27.7 Å². The topological polar surface area (TPSA) is 55.4 Å². The number of hydrogen-bond donors (Lipinski definition) is 1. The van der Waals surface area contributed by atoms with Crippen LogP contribution in [0.5, 0.6) is 0 Å². The fourth-order valence-electron chi connectivity index (χ4n) is 1.75. The Morgan fingerprint density at radius 1 is 1.15 bits per heavy atom. The van der Waals surface area contributed by atoms with Crippen LogP contribution < -0.4 is 5.32 Å². The first-order valence-corrected chi connectivity index (χ1v) is 6.62. The van der Waals surface area contributed by atoms with Crippen molar-refractivity contribution in [2.75, 3.05) is 0 Å². The van der Waals surface area contributed by atoms with Crippen molar-refractivity contribution in [3.63, 3.8) is 0 Å². The van der Waals surface area contributed by atoms with Gasteiger partial charge in [-0.15, -0.1) is 0 Å². The van der Waals surface area contributed by atoms with Crippen LogP contribution >= 0.6 is 0 Å². The number of aryl methyl sites for hydroxylation is 2. The van der Waals surface area contributed by atoms with E-state index in [9.17, 15) is 9.59 Å². The summed E-state index contributed by atoms with van der Waals surface area (Å²) >= 11 is 0. The number of carbonyl (C=O) groups excluding carboxylic acids is 2. The second-order valence-corrected chi connectivity index (χ2v) is 6.25. The number of rotatable bonds is 3. The second kappa shape index (κ2) is 5.65. The molecule has 0 radical (unpaired) electrons. The quantitative estimate of drug-likeness (QED) is 0.863. The summed E-state index contributed by atoms with van der Waals surface area (Å²) in [5.41, 5.74) is 1.25. The molecule has 0 spiro atoms. The number of hydrogen-bond acceptors (Lipinski definition) is 3. The van der Waals surface area contributed by atoms with E-state index in [0.717, 1.165) is 23.0 Å². The molecule has 1 atom stereocenters.